The van der Waals surface area contributed by atoms with Gasteiger partial charge in [-0.25, -0.2) is 0 Å². The molecule has 2 aliphatic rings. The fraction of sp³-hybridized carbons (Fsp3) is 1.00. The molecule has 2 nitrogen and oxygen atoms in total. The van der Waals surface area contributed by atoms with Crippen LogP contribution >= 0.6 is 0 Å². The van der Waals surface area contributed by atoms with E-state index >= 15 is 0 Å². The second kappa shape index (κ2) is 5.92. The Labute approximate surface area is 114 Å². The molecular formula is C16H32N2. The number of hydrogen-bond donors (Lipinski definition) is 1. The van der Waals surface area contributed by atoms with E-state index in [4.69, 9.17) is 0 Å². The monoisotopic (exact) mass is 252 g/mol. The molecule has 106 valence electrons. The van der Waals surface area contributed by atoms with Gasteiger partial charge in [0.1, 0.15) is 0 Å². The number of hydrogen-bond acceptors (Lipinski definition) is 2. The zero-order chi connectivity index (χ0) is 13.2. The molecule has 0 heterocycles. The van der Waals surface area contributed by atoms with Crippen LogP contribution < -0.4 is 5.32 Å². The predicted octanol–water partition coefficient (Wildman–Crippen LogP) is 3.42. The molecule has 2 heteroatoms. The molecular weight excluding hydrogens is 220 g/mol. The molecule has 0 aromatic rings. The Morgan fingerprint density at radius 3 is 2.39 bits per heavy atom. The lowest BCUT2D eigenvalue weighted by Crippen LogP contribution is -2.59. The Bertz CT molecular complexity index is 256. The van der Waals surface area contributed by atoms with Gasteiger partial charge in [-0.15, -0.1) is 0 Å². The average molecular weight is 252 g/mol. The first-order chi connectivity index (χ1) is 8.56. The molecule has 0 amide bonds. The quantitative estimate of drug-likeness (QED) is 0.825. The summed E-state index contributed by atoms with van der Waals surface area (Å²) >= 11 is 0. The Balaban J connectivity index is 2.07. The van der Waals surface area contributed by atoms with Crippen molar-refractivity contribution in [1.29, 1.82) is 0 Å². The van der Waals surface area contributed by atoms with Crippen LogP contribution in [-0.2, 0) is 0 Å². The summed E-state index contributed by atoms with van der Waals surface area (Å²) in [4.78, 5) is 2.72. The molecule has 2 unspecified atom stereocenters. The van der Waals surface area contributed by atoms with Crippen molar-refractivity contribution in [3.63, 3.8) is 0 Å². The first-order valence-electron chi connectivity index (χ1n) is 8.01. The maximum Gasteiger partial charge on any atom is 0.0274 e. The van der Waals surface area contributed by atoms with E-state index in [1.165, 1.54) is 44.9 Å². The molecule has 2 atom stereocenters. The molecule has 2 rings (SSSR count). The minimum Gasteiger partial charge on any atom is -0.312 e. The lowest BCUT2D eigenvalue weighted by atomic mass is 9.70. The second-order valence-corrected chi connectivity index (χ2v) is 7.09. The third kappa shape index (κ3) is 2.91. The van der Waals surface area contributed by atoms with Crippen LogP contribution in [0.2, 0.25) is 0 Å². The second-order valence-electron chi connectivity index (χ2n) is 7.09. The van der Waals surface area contributed by atoms with E-state index in [1.807, 2.05) is 0 Å². The summed E-state index contributed by atoms with van der Waals surface area (Å²) in [5, 5.41) is 3.79. The van der Waals surface area contributed by atoms with Gasteiger partial charge < -0.3 is 5.32 Å². The molecule has 0 spiro atoms. The molecule has 18 heavy (non-hydrogen) atoms. The summed E-state index contributed by atoms with van der Waals surface area (Å²) in [7, 11) is 2.38. The van der Waals surface area contributed by atoms with E-state index < -0.39 is 0 Å². The molecule has 0 radical (unpaired) electrons. The molecule has 0 bridgehead atoms. The van der Waals surface area contributed by atoms with Crippen LogP contribution in [0.3, 0.4) is 0 Å². The zero-order valence-electron chi connectivity index (χ0n) is 12.8. The van der Waals surface area contributed by atoms with Crippen LogP contribution in [0.4, 0.5) is 0 Å². The molecule has 2 fully saturated rings. The highest BCUT2D eigenvalue weighted by atomic mass is 15.2. The highest BCUT2D eigenvalue weighted by Gasteiger charge is 2.41. The van der Waals surface area contributed by atoms with Crippen LogP contribution in [-0.4, -0.2) is 36.6 Å². The van der Waals surface area contributed by atoms with E-state index in [9.17, 15) is 0 Å². The molecule has 0 aliphatic heterocycles. The van der Waals surface area contributed by atoms with Crippen molar-refractivity contribution in [3.8, 4) is 0 Å². The van der Waals surface area contributed by atoms with E-state index in [2.05, 4.69) is 38.0 Å². The Kier molecular flexibility index (Phi) is 4.71. The van der Waals surface area contributed by atoms with Crippen LogP contribution in [0.15, 0.2) is 0 Å². The predicted molar refractivity (Wildman–Crippen MR) is 78.9 cm³/mol. The van der Waals surface area contributed by atoms with Gasteiger partial charge in [-0.1, -0.05) is 40.0 Å². The van der Waals surface area contributed by atoms with Crippen LogP contribution in [0, 0.1) is 5.41 Å². The third-order valence-corrected chi connectivity index (χ3v) is 5.40. The standard InChI is InChI=1S/C16H32N2/c1-5-17-15-14(11-8-12-16(15,2)3)18(4)13-9-6-7-10-13/h13-15,17H,5-12H2,1-4H3. The van der Waals surface area contributed by atoms with Gasteiger partial charge in [0.25, 0.3) is 0 Å². The summed E-state index contributed by atoms with van der Waals surface area (Å²) in [6.07, 6.45) is 9.89. The average Bonchev–Trinajstić information content (AvgIpc) is 2.84. The van der Waals surface area contributed by atoms with E-state index in [1.54, 1.807) is 0 Å². The van der Waals surface area contributed by atoms with Gasteiger partial charge in [0, 0.05) is 18.1 Å². The van der Waals surface area contributed by atoms with Crippen molar-refractivity contribution in [2.45, 2.75) is 83.8 Å². The minimum atomic E-state index is 0.450. The molecule has 2 aliphatic carbocycles. The fourth-order valence-corrected chi connectivity index (χ4v) is 4.26. The Morgan fingerprint density at radius 2 is 1.78 bits per heavy atom. The van der Waals surface area contributed by atoms with Crippen molar-refractivity contribution in [2.24, 2.45) is 5.41 Å². The first kappa shape index (κ1) is 14.3. The van der Waals surface area contributed by atoms with Crippen LogP contribution in [0.25, 0.3) is 0 Å². The van der Waals surface area contributed by atoms with Crippen molar-refractivity contribution < 1.29 is 0 Å². The summed E-state index contributed by atoms with van der Waals surface area (Å²) in [6.45, 7) is 8.25. The van der Waals surface area contributed by atoms with Crippen molar-refractivity contribution in [3.05, 3.63) is 0 Å². The highest BCUT2D eigenvalue weighted by Crippen LogP contribution is 2.39. The number of nitrogens with zero attached hydrogens (tertiary/aromatic N) is 1. The highest BCUT2D eigenvalue weighted by molar-refractivity contribution is 4.99. The SMILES string of the molecule is CCNC1C(N(C)C2CCCC2)CCCC1(C)C. The molecule has 1 N–H and O–H groups in total. The lowest BCUT2D eigenvalue weighted by Gasteiger charge is -2.49. The Morgan fingerprint density at radius 1 is 1.11 bits per heavy atom. The van der Waals surface area contributed by atoms with E-state index in [0.717, 1.165) is 18.6 Å². The maximum atomic E-state index is 3.79. The maximum absolute atomic E-state index is 3.79. The van der Waals surface area contributed by atoms with Gasteiger partial charge in [-0.3, -0.25) is 4.90 Å². The van der Waals surface area contributed by atoms with Gasteiger partial charge in [0.15, 0.2) is 0 Å². The molecule has 2 saturated carbocycles. The van der Waals surface area contributed by atoms with Gasteiger partial charge in [0.2, 0.25) is 0 Å². The van der Waals surface area contributed by atoms with E-state index in [0.29, 0.717) is 11.5 Å². The fourth-order valence-electron chi connectivity index (χ4n) is 4.26. The van der Waals surface area contributed by atoms with Crippen molar-refractivity contribution in [1.82, 2.24) is 10.2 Å². The van der Waals surface area contributed by atoms with E-state index in [-0.39, 0.29) is 0 Å². The first-order valence-corrected chi connectivity index (χ1v) is 8.01. The van der Waals surface area contributed by atoms with Gasteiger partial charge >= 0.3 is 0 Å². The number of rotatable bonds is 4. The topological polar surface area (TPSA) is 15.3 Å². The normalized spacial score (nSPS) is 33.2. The lowest BCUT2D eigenvalue weighted by molar-refractivity contribution is 0.0418. The molecule has 0 aromatic carbocycles. The third-order valence-electron chi connectivity index (χ3n) is 5.40. The largest absolute Gasteiger partial charge is 0.312 e. The summed E-state index contributed by atoms with van der Waals surface area (Å²) in [6, 6.07) is 2.27. The van der Waals surface area contributed by atoms with Crippen molar-refractivity contribution >= 4 is 0 Å². The van der Waals surface area contributed by atoms with Crippen molar-refractivity contribution in [2.75, 3.05) is 13.6 Å². The number of likely N-dealkylation sites (N-methyl/N-ethyl adjacent to an activating group) is 2. The zero-order valence-corrected chi connectivity index (χ0v) is 12.8. The van der Waals surface area contributed by atoms with Gasteiger partial charge in [-0.2, -0.15) is 0 Å². The van der Waals surface area contributed by atoms with Crippen LogP contribution in [0.1, 0.15) is 65.7 Å². The summed E-state index contributed by atoms with van der Waals surface area (Å²) in [5.74, 6) is 0. The minimum absolute atomic E-state index is 0.450. The number of nitrogens with one attached hydrogen (secondary N) is 1. The summed E-state index contributed by atoms with van der Waals surface area (Å²) in [5.41, 5.74) is 0.450. The molecule has 0 aromatic heterocycles. The Hall–Kier alpha value is -0.0800. The van der Waals surface area contributed by atoms with Crippen LogP contribution in [0.5, 0.6) is 0 Å². The smallest absolute Gasteiger partial charge is 0.0274 e. The molecule has 0 saturated heterocycles. The van der Waals surface area contributed by atoms with Gasteiger partial charge in [0.05, 0.1) is 0 Å². The summed E-state index contributed by atoms with van der Waals surface area (Å²) < 4.78 is 0. The van der Waals surface area contributed by atoms with Gasteiger partial charge in [-0.05, 0) is 44.7 Å².